The number of hydrogen-bond acceptors (Lipinski definition) is 8. The molecule has 2 N–H and O–H groups in total. The minimum Gasteiger partial charge on any atom is -0.542 e. The number of carboxylic acids is 1. The van der Waals surface area contributed by atoms with Gasteiger partial charge in [0.2, 0.25) is 5.60 Å². The van der Waals surface area contributed by atoms with Gasteiger partial charge >= 0.3 is 12.1 Å². The predicted octanol–water partition coefficient (Wildman–Crippen LogP) is 3.26. The molecule has 3 aliphatic heterocycles. The summed E-state index contributed by atoms with van der Waals surface area (Å²) in [5.41, 5.74) is -0.903. The van der Waals surface area contributed by atoms with Crippen LogP contribution in [0.1, 0.15) is 40.6 Å². The number of alkyl halides is 3. The van der Waals surface area contributed by atoms with Crippen LogP contribution in [-0.4, -0.2) is 79.0 Å². The maximum absolute atomic E-state index is 13.7. The number of ether oxygens (including phenoxy) is 2. The monoisotopic (exact) mass is 648 g/mol. The number of thiophene rings is 1. The van der Waals surface area contributed by atoms with Gasteiger partial charge in [-0.15, -0.1) is 11.3 Å². The lowest BCUT2D eigenvalue weighted by molar-refractivity contribution is -0.945. The SMILES string of the molecule is CCOc1ccsc1C(=O)NCC[N+]12CCC(CC1)[C@@H](OC(=O)C(O)(c1ccccc1)c1ccccc1)C2.O=C([O-])C(F)(F)F. The van der Waals surface area contributed by atoms with Gasteiger partial charge in [-0.05, 0) is 29.5 Å². The summed E-state index contributed by atoms with van der Waals surface area (Å²) in [6, 6.07) is 19.8. The Morgan fingerprint density at radius 1 is 1.00 bits per heavy atom. The third kappa shape index (κ3) is 8.02. The second-order valence-corrected chi connectivity index (χ2v) is 11.9. The quantitative estimate of drug-likeness (QED) is 0.256. The van der Waals surface area contributed by atoms with Crippen molar-refractivity contribution in [2.75, 3.05) is 39.3 Å². The van der Waals surface area contributed by atoms with Gasteiger partial charge in [0, 0.05) is 18.8 Å². The molecule has 3 fully saturated rings. The topological polar surface area (TPSA) is 125 Å². The van der Waals surface area contributed by atoms with Crippen LogP contribution in [0.4, 0.5) is 13.2 Å². The molecular weight excluding hydrogens is 613 g/mol. The van der Waals surface area contributed by atoms with Crippen LogP contribution >= 0.6 is 11.3 Å². The molecule has 1 aromatic heterocycles. The predicted molar refractivity (Wildman–Crippen MR) is 157 cm³/mol. The van der Waals surface area contributed by atoms with Gasteiger partial charge in [0.25, 0.3) is 5.91 Å². The van der Waals surface area contributed by atoms with Crippen LogP contribution in [-0.2, 0) is 19.9 Å². The molecule has 4 heterocycles. The number of aliphatic carboxylic acids is 1. The van der Waals surface area contributed by atoms with Crippen molar-refractivity contribution in [3.05, 3.63) is 88.1 Å². The highest BCUT2D eigenvalue weighted by Gasteiger charge is 2.50. The fourth-order valence-electron chi connectivity index (χ4n) is 5.87. The Bertz CT molecular complexity index is 1400. The van der Waals surface area contributed by atoms with E-state index < -0.39 is 23.7 Å². The third-order valence-electron chi connectivity index (χ3n) is 8.22. The molecule has 6 rings (SSSR count). The van der Waals surface area contributed by atoms with Crippen LogP contribution in [0.3, 0.4) is 0 Å². The first kappa shape index (κ1) is 33.9. The van der Waals surface area contributed by atoms with Crippen LogP contribution in [0.2, 0.25) is 0 Å². The van der Waals surface area contributed by atoms with Crippen molar-refractivity contribution >= 4 is 29.2 Å². The summed E-state index contributed by atoms with van der Waals surface area (Å²) in [4.78, 5) is 35.8. The molecule has 0 spiro atoms. The maximum Gasteiger partial charge on any atom is 0.430 e. The molecule has 0 radical (unpaired) electrons. The summed E-state index contributed by atoms with van der Waals surface area (Å²) in [5.74, 6) is -2.86. The average molecular weight is 649 g/mol. The van der Waals surface area contributed by atoms with E-state index in [1.165, 1.54) is 11.3 Å². The number of hydrogen-bond donors (Lipinski definition) is 2. The number of nitrogens with one attached hydrogen (secondary N) is 1. The lowest BCUT2D eigenvalue weighted by atomic mass is 9.82. The minimum absolute atomic E-state index is 0.118. The number of aliphatic hydroxyl groups is 1. The number of carbonyl (C=O) groups is 3. The van der Waals surface area contributed by atoms with Gasteiger partial charge in [-0.25, -0.2) is 4.79 Å². The van der Waals surface area contributed by atoms with E-state index in [0.717, 1.165) is 37.0 Å². The van der Waals surface area contributed by atoms with E-state index in [9.17, 15) is 27.9 Å². The first-order valence-corrected chi connectivity index (χ1v) is 15.4. The van der Waals surface area contributed by atoms with E-state index in [2.05, 4.69) is 5.32 Å². The van der Waals surface area contributed by atoms with Gasteiger partial charge in [-0.2, -0.15) is 13.2 Å². The Morgan fingerprint density at radius 2 is 1.56 bits per heavy atom. The zero-order valence-corrected chi connectivity index (χ0v) is 25.4. The number of rotatable bonds is 10. The lowest BCUT2D eigenvalue weighted by Crippen LogP contribution is -2.66. The number of carbonyl (C=O) groups excluding carboxylic acids is 3. The molecule has 2 bridgehead atoms. The van der Waals surface area contributed by atoms with Crippen LogP contribution in [0.5, 0.6) is 5.75 Å². The van der Waals surface area contributed by atoms with Crippen molar-refractivity contribution in [1.82, 2.24) is 5.32 Å². The fraction of sp³-hybridized carbons (Fsp3) is 0.406. The Hall–Kier alpha value is -3.94. The fourth-order valence-corrected chi connectivity index (χ4v) is 6.62. The number of halogens is 3. The Kier molecular flexibility index (Phi) is 10.9. The molecule has 45 heavy (non-hydrogen) atoms. The second-order valence-electron chi connectivity index (χ2n) is 11.0. The van der Waals surface area contributed by atoms with Crippen molar-refractivity contribution in [1.29, 1.82) is 0 Å². The highest BCUT2D eigenvalue weighted by molar-refractivity contribution is 7.12. The van der Waals surface area contributed by atoms with E-state index >= 15 is 0 Å². The highest BCUT2D eigenvalue weighted by atomic mass is 32.1. The standard InChI is InChI=1S/C30H34N2O5S.C2HF3O2/c1-2-36-25-15-20-38-27(25)28(33)31-16-19-32-17-13-22(14-18-32)26(21-32)37-29(34)30(35,23-9-5-3-6-10-23)24-11-7-4-8-12-24;3-2(4,5)1(6)7/h3-12,15,20,22,26,35H,2,13-14,16-19,21H2,1H3;(H,6,7)/t22?,26-,32?;/m0./s1. The normalized spacial score (nSPS) is 20.8. The van der Waals surface area contributed by atoms with Gasteiger partial charge in [-0.1, -0.05) is 60.7 Å². The smallest absolute Gasteiger partial charge is 0.430 e. The second kappa shape index (κ2) is 14.4. The molecule has 0 saturated carbocycles. The summed E-state index contributed by atoms with van der Waals surface area (Å²) in [5, 5.41) is 25.5. The summed E-state index contributed by atoms with van der Waals surface area (Å²) in [6.07, 6.45) is -3.55. The van der Waals surface area contributed by atoms with Gasteiger partial charge in [0.15, 0.2) is 6.10 Å². The molecule has 13 heteroatoms. The third-order valence-corrected chi connectivity index (χ3v) is 9.11. The summed E-state index contributed by atoms with van der Waals surface area (Å²) in [6.45, 7) is 6.41. The molecule has 1 amide bonds. The summed E-state index contributed by atoms with van der Waals surface area (Å²) in [7, 11) is 0. The van der Waals surface area contributed by atoms with Crippen molar-refractivity contribution in [3.8, 4) is 5.75 Å². The first-order valence-electron chi connectivity index (χ1n) is 14.6. The zero-order chi connectivity index (χ0) is 32.7. The van der Waals surface area contributed by atoms with E-state index in [0.29, 0.717) is 41.4 Å². The maximum atomic E-state index is 13.7. The van der Waals surface area contributed by atoms with E-state index in [4.69, 9.17) is 19.4 Å². The zero-order valence-electron chi connectivity index (χ0n) is 24.6. The van der Waals surface area contributed by atoms with Gasteiger partial charge in [0.05, 0.1) is 32.8 Å². The van der Waals surface area contributed by atoms with E-state index in [1.807, 2.05) is 54.8 Å². The number of carboxylic acid groups (broad SMARTS) is 1. The number of amides is 1. The lowest BCUT2D eigenvalue weighted by Gasteiger charge is -2.52. The molecule has 3 aromatic rings. The molecule has 0 aliphatic carbocycles. The van der Waals surface area contributed by atoms with Gasteiger partial charge in [-0.3, -0.25) is 4.79 Å². The number of benzene rings is 2. The van der Waals surface area contributed by atoms with Crippen molar-refractivity contribution in [2.24, 2.45) is 5.92 Å². The number of nitrogens with zero attached hydrogens (tertiary/aromatic N) is 1. The first-order chi connectivity index (χ1) is 21.4. The molecule has 0 unspecified atom stereocenters. The molecule has 2 aromatic carbocycles. The Morgan fingerprint density at radius 3 is 2.07 bits per heavy atom. The van der Waals surface area contributed by atoms with Crippen LogP contribution in [0.25, 0.3) is 0 Å². The highest BCUT2D eigenvalue weighted by Crippen LogP contribution is 2.38. The van der Waals surface area contributed by atoms with Crippen molar-refractivity contribution in [3.63, 3.8) is 0 Å². The number of esters is 1. The minimum atomic E-state index is -5.19. The molecule has 242 valence electrons. The van der Waals surface area contributed by atoms with E-state index in [-0.39, 0.29) is 17.9 Å². The number of fused-ring (bicyclic) bond motifs is 3. The van der Waals surface area contributed by atoms with Gasteiger partial charge in [0.1, 0.15) is 23.1 Å². The average Bonchev–Trinajstić information content (AvgIpc) is 3.50. The Labute approximate surface area is 262 Å². The van der Waals surface area contributed by atoms with Crippen molar-refractivity contribution in [2.45, 2.75) is 37.6 Å². The Balaban J connectivity index is 0.000000591. The summed E-state index contributed by atoms with van der Waals surface area (Å²) >= 11 is 1.38. The molecular formula is C32H35F3N2O7S. The molecule has 1 atom stereocenters. The van der Waals surface area contributed by atoms with Crippen molar-refractivity contribution < 1.29 is 51.7 Å². The molecule has 9 nitrogen and oxygen atoms in total. The van der Waals surface area contributed by atoms with Crippen LogP contribution in [0.15, 0.2) is 72.1 Å². The van der Waals surface area contributed by atoms with Crippen LogP contribution < -0.4 is 15.2 Å². The number of quaternary nitrogens is 1. The van der Waals surface area contributed by atoms with Gasteiger partial charge < -0.3 is 34.3 Å². The largest absolute Gasteiger partial charge is 0.542 e. The van der Waals surface area contributed by atoms with Crippen LogP contribution in [0, 0.1) is 5.92 Å². The van der Waals surface area contributed by atoms with E-state index in [1.54, 1.807) is 24.3 Å². The summed E-state index contributed by atoms with van der Waals surface area (Å²) < 4.78 is 44.1. The number of piperidine rings is 3. The molecule has 3 saturated heterocycles. The molecule has 3 aliphatic rings.